The maximum absolute atomic E-state index is 11.9. The second kappa shape index (κ2) is 22.4. The van der Waals surface area contributed by atoms with Crippen molar-refractivity contribution >= 4 is 115 Å². The van der Waals surface area contributed by atoms with Crippen molar-refractivity contribution in [3.63, 3.8) is 0 Å². The minimum atomic E-state index is -4.88. The van der Waals surface area contributed by atoms with Crippen LogP contribution in [-0.2, 0) is 39.4 Å². The van der Waals surface area contributed by atoms with Gasteiger partial charge in [-0.25, -0.2) is 16.8 Å². The van der Waals surface area contributed by atoms with Crippen LogP contribution in [0.15, 0.2) is 115 Å². The Hall–Kier alpha value is -5.76. The van der Waals surface area contributed by atoms with E-state index in [-0.39, 0.29) is 49.1 Å². The van der Waals surface area contributed by atoms with Crippen LogP contribution in [0.3, 0.4) is 0 Å². The van der Waals surface area contributed by atoms with Crippen LogP contribution in [0.2, 0.25) is 0 Å². The van der Waals surface area contributed by atoms with E-state index in [1.165, 1.54) is 0 Å². The standard InChI is InChI=1S/2C17H16N4O7S.Ca/c2*1-11-4-2-3-5-14(11)19-17(23)8-12(22)10-18-20-15-7-6-13(29(26,27)28)9-16(15)21(24)25;/h2*2-7,9H,8,10H2,1H3,(H,19,23)(H,26,27,28);/q;;+2/p-2. The van der Waals surface area contributed by atoms with Crippen LogP contribution in [-0.4, -0.2) is 110 Å². The number of benzene rings is 4. The number of nitrogens with zero attached hydrogens (tertiary/aromatic N) is 6. The van der Waals surface area contributed by atoms with E-state index < -0.39 is 101 Å². The normalized spacial score (nSPS) is 11.2. The Kier molecular flexibility index (Phi) is 18.8. The molecule has 0 fully saturated rings. The summed E-state index contributed by atoms with van der Waals surface area (Å²) in [5.41, 5.74) is 0.601. The molecule has 59 heavy (non-hydrogen) atoms. The van der Waals surface area contributed by atoms with E-state index in [1.54, 1.807) is 62.4 Å². The molecule has 4 aromatic rings. The third-order valence-electron chi connectivity index (χ3n) is 7.27. The molecule has 22 nitrogen and oxygen atoms in total. The van der Waals surface area contributed by atoms with Gasteiger partial charge in [0.2, 0.25) is 11.8 Å². The Labute approximate surface area is 365 Å². The molecule has 4 rings (SSSR count). The quantitative estimate of drug-likeness (QED) is 0.0388. The second-order valence-corrected chi connectivity index (χ2v) is 14.4. The van der Waals surface area contributed by atoms with E-state index in [0.29, 0.717) is 23.5 Å². The third kappa shape index (κ3) is 16.2. The summed E-state index contributed by atoms with van der Waals surface area (Å²) in [6.07, 6.45) is -0.939. The van der Waals surface area contributed by atoms with Crippen LogP contribution in [0.1, 0.15) is 24.0 Å². The largest absolute Gasteiger partial charge is 2.00 e. The Balaban J connectivity index is 0.000000400. The summed E-state index contributed by atoms with van der Waals surface area (Å²) in [5.74, 6) is -2.26. The topological polar surface area (TPSA) is 342 Å². The number of nitro benzene ring substituents is 2. The fourth-order valence-electron chi connectivity index (χ4n) is 4.44. The first-order valence-electron chi connectivity index (χ1n) is 16.1. The van der Waals surface area contributed by atoms with E-state index in [9.17, 15) is 65.3 Å². The number of aryl methyl sites for hydroxylation is 2. The van der Waals surface area contributed by atoms with Gasteiger partial charge in [-0.3, -0.25) is 39.4 Å². The molecule has 0 saturated carbocycles. The minimum absolute atomic E-state index is 0. The first-order chi connectivity index (χ1) is 27.1. The van der Waals surface area contributed by atoms with E-state index >= 15 is 0 Å². The number of Topliss-reactive ketones (excluding diaryl/α,β-unsaturated/α-hetero) is 2. The third-order valence-corrected chi connectivity index (χ3v) is 8.93. The fraction of sp³-hybridized carbons (Fsp3) is 0.176. The van der Waals surface area contributed by atoms with Gasteiger partial charge < -0.3 is 19.7 Å². The fourth-order valence-corrected chi connectivity index (χ4v) is 5.43. The number of rotatable bonds is 16. The SMILES string of the molecule is Cc1ccccc1NC(=O)CC(=O)CN=Nc1ccc(S(=O)(=O)[O-])cc1[N+](=O)[O-].Cc1ccccc1NC(=O)CC(=O)CN=Nc1ccc(S(=O)(=O)[O-])cc1[N+](=O)[O-].[Ca+2]. The Morgan fingerprint density at radius 2 is 0.932 bits per heavy atom. The number of azo groups is 2. The van der Waals surface area contributed by atoms with Crippen molar-refractivity contribution in [3.8, 4) is 0 Å². The van der Waals surface area contributed by atoms with E-state index in [4.69, 9.17) is 0 Å². The maximum atomic E-state index is 11.9. The van der Waals surface area contributed by atoms with Crippen molar-refractivity contribution in [3.05, 3.63) is 116 Å². The average Bonchev–Trinajstić information content (AvgIpc) is 3.13. The van der Waals surface area contributed by atoms with Gasteiger partial charge in [0, 0.05) is 23.5 Å². The van der Waals surface area contributed by atoms with Gasteiger partial charge in [-0.2, -0.15) is 10.2 Å². The van der Waals surface area contributed by atoms with Crippen LogP contribution in [0.25, 0.3) is 0 Å². The number of hydrogen-bond donors (Lipinski definition) is 2. The molecular weight excluding hydrogens is 849 g/mol. The summed E-state index contributed by atoms with van der Waals surface area (Å²) in [4.78, 5) is 66.1. The van der Waals surface area contributed by atoms with Crippen molar-refractivity contribution in [2.24, 2.45) is 20.5 Å². The average molecular weight is 879 g/mol. The zero-order valence-electron chi connectivity index (χ0n) is 30.8. The summed E-state index contributed by atoms with van der Waals surface area (Å²) >= 11 is 0. The molecule has 0 spiro atoms. The van der Waals surface area contributed by atoms with Crippen molar-refractivity contribution < 1.29 is 55.0 Å². The van der Waals surface area contributed by atoms with Gasteiger partial charge in [-0.05, 0) is 61.4 Å². The van der Waals surface area contributed by atoms with Crippen molar-refractivity contribution in [1.82, 2.24) is 0 Å². The van der Waals surface area contributed by atoms with Gasteiger partial charge in [0.25, 0.3) is 11.4 Å². The van der Waals surface area contributed by atoms with Gasteiger partial charge in [0.1, 0.15) is 33.3 Å². The van der Waals surface area contributed by atoms with Crippen LogP contribution >= 0.6 is 0 Å². The van der Waals surface area contributed by atoms with Gasteiger partial charge >= 0.3 is 37.7 Å². The molecule has 0 aliphatic heterocycles. The molecule has 0 radical (unpaired) electrons. The molecule has 0 saturated heterocycles. The Morgan fingerprint density at radius 3 is 1.24 bits per heavy atom. The Morgan fingerprint density at radius 1 is 0.593 bits per heavy atom. The number of carbonyl (C=O) groups excluding carboxylic acids is 4. The maximum Gasteiger partial charge on any atom is 2.00 e. The molecular formula is C34H30CaN8O14S2. The first kappa shape index (κ1) is 49.4. The van der Waals surface area contributed by atoms with Gasteiger partial charge in [-0.15, -0.1) is 10.2 Å². The smallest absolute Gasteiger partial charge is 0.744 e. The minimum Gasteiger partial charge on any atom is -0.744 e. The summed E-state index contributed by atoms with van der Waals surface area (Å²) < 4.78 is 65.8. The molecule has 25 heteroatoms. The molecule has 0 aromatic heterocycles. The number of anilines is 2. The van der Waals surface area contributed by atoms with E-state index in [0.717, 1.165) is 35.4 Å². The van der Waals surface area contributed by atoms with E-state index in [1.807, 2.05) is 0 Å². The molecule has 0 aliphatic rings. The van der Waals surface area contributed by atoms with Gasteiger partial charge in [0.05, 0.1) is 32.5 Å². The number of amides is 2. The zero-order valence-corrected chi connectivity index (χ0v) is 34.7. The van der Waals surface area contributed by atoms with Crippen LogP contribution in [0.4, 0.5) is 34.1 Å². The monoisotopic (exact) mass is 878 g/mol. The molecule has 304 valence electrons. The van der Waals surface area contributed by atoms with Crippen molar-refractivity contribution in [2.45, 2.75) is 36.5 Å². The number of para-hydroxylation sites is 2. The van der Waals surface area contributed by atoms with Crippen LogP contribution < -0.4 is 10.6 Å². The number of hydrogen-bond acceptors (Lipinski definition) is 18. The van der Waals surface area contributed by atoms with Crippen molar-refractivity contribution in [2.75, 3.05) is 23.7 Å². The summed E-state index contributed by atoms with van der Waals surface area (Å²) in [6.45, 7) is 2.56. The number of carbonyl (C=O) groups is 4. The molecule has 4 aromatic carbocycles. The summed E-state index contributed by atoms with van der Waals surface area (Å²) in [5, 5.41) is 41.3. The molecule has 2 amide bonds. The predicted molar refractivity (Wildman–Crippen MR) is 206 cm³/mol. The molecule has 0 bridgehead atoms. The predicted octanol–water partition coefficient (Wildman–Crippen LogP) is 4.60. The summed E-state index contributed by atoms with van der Waals surface area (Å²) in [7, 11) is -9.75. The van der Waals surface area contributed by atoms with E-state index in [2.05, 4.69) is 31.1 Å². The van der Waals surface area contributed by atoms with Crippen LogP contribution in [0, 0.1) is 34.1 Å². The summed E-state index contributed by atoms with van der Waals surface area (Å²) in [6, 6.07) is 18.7. The van der Waals surface area contributed by atoms with Crippen molar-refractivity contribution in [1.29, 1.82) is 0 Å². The first-order valence-corrected chi connectivity index (χ1v) is 19.0. The molecule has 0 unspecified atom stereocenters. The number of nitro groups is 2. The zero-order chi connectivity index (χ0) is 43.2. The van der Waals surface area contributed by atoms with Gasteiger partial charge in [-0.1, -0.05) is 36.4 Å². The van der Waals surface area contributed by atoms with Gasteiger partial charge in [0.15, 0.2) is 22.9 Å². The molecule has 2 N–H and O–H groups in total. The molecule has 0 atom stereocenters. The number of ketones is 2. The molecule has 0 heterocycles. The van der Waals surface area contributed by atoms with Crippen LogP contribution in [0.5, 0.6) is 0 Å². The number of nitrogens with one attached hydrogen (secondary N) is 2. The second-order valence-electron chi connectivity index (χ2n) is 11.7. The Bertz CT molecular complexity index is 2380. The molecule has 0 aliphatic carbocycles.